The molecule has 0 aromatic heterocycles. The van der Waals surface area contributed by atoms with Crippen LogP contribution in [0.25, 0.3) is 0 Å². The van der Waals surface area contributed by atoms with Crippen molar-refractivity contribution in [2.75, 3.05) is 7.11 Å². The quantitative estimate of drug-likeness (QED) is 0.677. The molecule has 21 heavy (non-hydrogen) atoms. The molecule has 0 saturated heterocycles. The van der Waals surface area contributed by atoms with Gasteiger partial charge in [0.2, 0.25) is 0 Å². The molecule has 0 spiro atoms. The van der Waals surface area contributed by atoms with Crippen molar-refractivity contribution in [3.63, 3.8) is 0 Å². The molecule has 0 aliphatic rings. The number of carbonyl (C=O) groups excluding carboxylic acids is 2. The highest BCUT2D eigenvalue weighted by molar-refractivity contribution is 5.82. The van der Waals surface area contributed by atoms with E-state index in [2.05, 4.69) is 4.74 Å². The minimum Gasteiger partial charge on any atom is -0.507 e. The molecule has 0 radical (unpaired) electrons. The van der Waals surface area contributed by atoms with Gasteiger partial charge >= 0.3 is 5.97 Å². The zero-order chi connectivity index (χ0) is 15.2. The minimum atomic E-state index is -0.386. The second-order valence-corrected chi connectivity index (χ2v) is 4.73. The van der Waals surface area contributed by atoms with Gasteiger partial charge in [0.1, 0.15) is 5.75 Å². The van der Waals surface area contributed by atoms with E-state index in [-0.39, 0.29) is 23.7 Å². The number of hydrogen-bond donors (Lipinski definition) is 1. The lowest BCUT2D eigenvalue weighted by molar-refractivity contribution is -0.139. The van der Waals surface area contributed by atoms with Gasteiger partial charge in [-0.15, -0.1) is 0 Å². The van der Waals surface area contributed by atoms with Crippen LogP contribution in [0.3, 0.4) is 0 Å². The van der Waals surface area contributed by atoms with Crippen LogP contribution in [0.15, 0.2) is 42.5 Å². The summed E-state index contributed by atoms with van der Waals surface area (Å²) in [6, 6.07) is 12.8. The molecule has 0 bridgehead atoms. The molecule has 0 aliphatic heterocycles. The van der Waals surface area contributed by atoms with Crippen LogP contribution in [0.5, 0.6) is 5.75 Å². The zero-order valence-electron chi connectivity index (χ0n) is 11.7. The van der Waals surface area contributed by atoms with E-state index in [4.69, 9.17) is 0 Å². The first-order valence-corrected chi connectivity index (χ1v) is 6.54. The molecule has 0 amide bonds. The second-order valence-electron chi connectivity index (χ2n) is 4.73. The number of aromatic hydroxyl groups is 1. The van der Waals surface area contributed by atoms with Crippen LogP contribution in [-0.4, -0.2) is 24.5 Å². The Morgan fingerprint density at radius 3 is 2.52 bits per heavy atom. The van der Waals surface area contributed by atoms with E-state index >= 15 is 0 Å². The molecule has 0 saturated carbocycles. The highest BCUT2D eigenvalue weighted by atomic mass is 16.5. The maximum absolute atomic E-state index is 11.4. The normalized spacial score (nSPS) is 10.1. The number of benzene rings is 2. The molecule has 0 unspecified atom stereocenters. The number of ether oxygens (including phenoxy) is 1. The Hall–Kier alpha value is -2.62. The summed E-state index contributed by atoms with van der Waals surface area (Å²) in [7, 11) is 1.31. The van der Waals surface area contributed by atoms with Crippen LogP contribution < -0.4 is 0 Å². The Morgan fingerprint density at radius 2 is 1.90 bits per heavy atom. The number of phenols is 1. The van der Waals surface area contributed by atoms with E-state index in [1.807, 2.05) is 30.3 Å². The zero-order valence-corrected chi connectivity index (χ0v) is 11.7. The summed E-state index contributed by atoms with van der Waals surface area (Å²) < 4.78 is 4.63. The Bertz CT molecular complexity index is 647. The monoisotopic (exact) mass is 284 g/mol. The molecule has 0 fully saturated rings. The van der Waals surface area contributed by atoms with Gasteiger partial charge in [0, 0.05) is 6.42 Å². The third kappa shape index (κ3) is 3.69. The molecule has 4 nitrogen and oxygen atoms in total. The predicted molar refractivity (Wildman–Crippen MR) is 78.5 cm³/mol. The molecule has 108 valence electrons. The third-order valence-electron chi connectivity index (χ3n) is 3.22. The molecular weight excluding hydrogens is 268 g/mol. The highest BCUT2D eigenvalue weighted by Gasteiger charge is 2.12. The summed E-state index contributed by atoms with van der Waals surface area (Å²) in [4.78, 5) is 22.4. The number of methoxy groups -OCH3 is 1. The molecule has 0 aliphatic carbocycles. The van der Waals surface area contributed by atoms with E-state index in [0.717, 1.165) is 5.56 Å². The summed E-state index contributed by atoms with van der Waals surface area (Å²) in [5.41, 5.74) is 2.46. The van der Waals surface area contributed by atoms with Gasteiger partial charge in [-0.1, -0.05) is 36.4 Å². The summed E-state index contributed by atoms with van der Waals surface area (Å²) in [6.45, 7) is 0. The van der Waals surface area contributed by atoms with Crippen LogP contribution in [0.4, 0.5) is 0 Å². The number of esters is 1. The highest BCUT2D eigenvalue weighted by Crippen LogP contribution is 2.26. The van der Waals surface area contributed by atoms with Crippen molar-refractivity contribution in [2.24, 2.45) is 0 Å². The average Bonchev–Trinajstić information content (AvgIpc) is 2.51. The molecule has 2 aromatic carbocycles. The SMILES string of the molecule is COC(=O)Cc1cc(C=O)c(O)c(Cc2ccccc2)c1. The molecule has 0 heterocycles. The van der Waals surface area contributed by atoms with Crippen LogP contribution >= 0.6 is 0 Å². The van der Waals surface area contributed by atoms with Crippen molar-refractivity contribution in [3.05, 3.63) is 64.7 Å². The van der Waals surface area contributed by atoms with E-state index in [1.165, 1.54) is 13.2 Å². The minimum absolute atomic E-state index is 0.0394. The van der Waals surface area contributed by atoms with E-state index < -0.39 is 0 Å². The van der Waals surface area contributed by atoms with E-state index in [9.17, 15) is 14.7 Å². The fourth-order valence-electron chi connectivity index (χ4n) is 2.17. The Morgan fingerprint density at radius 1 is 1.19 bits per heavy atom. The molecule has 4 heteroatoms. The molecule has 2 rings (SSSR count). The fourth-order valence-corrected chi connectivity index (χ4v) is 2.17. The van der Waals surface area contributed by atoms with Gasteiger partial charge in [0.15, 0.2) is 6.29 Å². The number of rotatable bonds is 5. The Kier molecular flexibility index (Phi) is 4.72. The summed E-state index contributed by atoms with van der Waals surface area (Å²) >= 11 is 0. The van der Waals surface area contributed by atoms with E-state index in [0.29, 0.717) is 23.8 Å². The molecular formula is C17H16O4. The number of phenolic OH excluding ortho intramolecular Hbond substituents is 1. The Balaban J connectivity index is 2.36. The van der Waals surface area contributed by atoms with Crippen LogP contribution in [0, 0.1) is 0 Å². The maximum atomic E-state index is 11.4. The van der Waals surface area contributed by atoms with Gasteiger partial charge in [-0.05, 0) is 22.8 Å². The first-order valence-electron chi connectivity index (χ1n) is 6.54. The van der Waals surface area contributed by atoms with Gasteiger partial charge in [0.25, 0.3) is 0 Å². The van der Waals surface area contributed by atoms with Gasteiger partial charge in [-0.2, -0.15) is 0 Å². The largest absolute Gasteiger partial charge is 0.507 e. The third-order valence-corrected chi connectivity index (χ3v) is 3.22. The lowest BCUT2D eigenvalue weighted by atomic mass is 9.97. The van der Waals surface area contributed by atoms with Crippen molar-refractivity contribution in [2.45, 2.75) is 12.8 Å². The first-order chi connectivity index (χ1) is 10.1. The number of aldehydes is 1. The maximum Gasteiger partial charge on any atom is 0.309 e. The second kappa shape index (κ2) is 6.70. The summed E-state index contributed by atoms with van der Waals surface area (Å²) in [5, 5.41) is 10.1. The fraction of sp³-hybridized carbons (Fsp3) is 0.176. The molecule has 2 aromatic rings. The van der Waals surface area contributed by atoms with Crippen LogP contribution in [0.1, 0.15) is 27.0 Å². The van der Waals surface area contributed by atoms with Gasteiger partial charge in [0.05, 0.1) is 19.1 Å². The van der Waals surface area contributed by atoms with Crippen molar-refractivity contribution >= 4 is 12.3 Å². The summed E-state index contributed by atoms with van der Waals surface area (Å²) in [6.07, 6.45) is 1.15. The van der Waals surface area contributed by atoms with E-state index in [1.54, 1.807) is 6.07 Å². The standard InChI is InChI=1S/C17H16O4/c1-21-16(19)10-13-8-14(17(20)15(9-13)11-18)7-12-5-3-2-4-6-12/h2-6,8-9,11,20H,7,10H2,1H3. The van der Waals surface area contributed by atoms with Gasteiger partial charge in [-0.3, -0.25) is 9.59 Å². The number of hydrogen-bond acceptors (Lipinski definition) is 4. The summed E-state index contributed by atoms with van der Waals surface area (Å²) in [5.74, 6) is -0.425. The Labute approximate surface area is 123 Å². The lowest BCUT2D eigenvalue weighted by Gasteiger charge is -2.10. The van der Waals surface area contributed by atoms with Crippen molar-refractivity contribution in [3.8, 4) is 5.75 Å². The van der Waals surface area contributed by atoms with Crippen LogP contribution in [0.2, 0.25) is 0 Å². The van der Waals surface area contributed by atoms with Crippen LogP contribution in [-0.2, 0) is 22.4 Å². The topological polar surface area (TPSA) is 63.6 Å². The molecule has 1 N–H and O–H groups in total. The van der Waals surface area contributed by atoms with Crippen molar-refractivity contribution in [1.82, 2.24) is 0 Å². The first kappa shape index (κ1) is 14.8. The lowest BCUT2D eigenvalue weighted by Crippen LogP contribution is -2.06. The number of carbonyl (C=O) groups is 2. The van der Waals surface area contributed by atoms with Gasteiger partial charge in [-0.25, -0.2) is 0 Å². The average molecular weight is 284 g/mol. The van der Waals surface area contributed by atoms with Gasteiger partial charge < -0.3 is 9.84 Å². The van der Waals surface area contributed by atoms with Crippen molar-refractivity contribution in [1.29, 1.82) is 0 Å². The smallest absolute Gasteiger partial charge is 0.309 e. The van der Waals surface area contributed by atoms with Crippen molar-refractivity contribution < 1.29 is 19.4 Å². The molecule has 0 atom stereocenters. The predicted octanol–water partition coefficient (Wildman–Crippen LogP) is 2.51.